The molecular weight excluding hydrogens is 352 g/mol. The van der Waals surface area contributed by atoms with Crippen molar-refractivity contribution < 1.29 is 14.3 Å². The van der Waals surface area contributed by atoms with E-state index in [1.807, 2.05) is 56.1 Å². The zero-order valence-corrected chi connectivity index (χ0v) is 17.8. The largest absolute Gasteiger partial charge is 0.493 e. The highest BCUT2D eigenvalue weighted by Crippen LogP contribution is 2.28. The van der Waals surface area contributed by atoms with Crippen LogP contribution in [-0.4, -0.2) is 37.6 Å². The molecule has 1 atom stereocenters. The zero-order chi connectivity index (χ0) is 20.7. The number of ether oxygens (including phenoxy) is 2. The predicted octanol–water partition coefficient (Wildman–Crippen LogP) is 4.68. The van der Waals surface area contributed by atoms with E-state index < -0.39 is 0 Å². The van der Waals surface area contributed by atoms with Gasteiger partial charge in [0.2, 0.25) is 5.91 Å². The lowest BCUT2D eigenvalue weighted by molar-refractivity contribution is -0.120. The Labute approximate surface area is 168 Å². The van der Waals surface area contributed by atoms with Crippen LogP contribution in [0.5, 0.6) is 11.5 Å². The molecule has 0 aliphatic heterocycles. The van der Waals surface area contributed by atoms with Crippen LogP contribution in [0.2, 0.25) is 0 Å². The zero-order valence-electron chi connectivity index (χ0n) is 17.8. The van der Waals surface area contributed by atoms with Gasteiger partial charge in [0.25, 0.3) is 0 Å². The van der Waals surface area contributed by atoms with Crippen molar-refractivity contribution in [1.29, 1.82) is 0 Å². The quantitative estimate of drug-likeness (QED) is 0.682. The van der Waals surface area contributed by atoms with Crippen LogP contribution in [0.25, 0.3) is 0 Å². The fourth-order valence-electron chi connectivity index (χ4n) is 2.91. The normalized spacial score (nSPS) is 12.1. The molecule has 0 heterocycles. The number of methoxy groups -OCH3 is 1. The number of nitrogens with one attached hydrogen (secondary N) is 1. The monoisotopic (exact) mass is 384 g/mol. The van der Waals surface area contributed by atoms with Crippen molar-refractivity contribution in [2.45, 2.75) is 46.2 Å². The second-order valence-corrected chi connectivity index (χ2v) is 7.28. The molecule has 152 valence electrons. The van der Waals surface area contributed by atoms with Crippen molar-refractivity contribution in [1.82, 2.24) is 4.90 Å². The lowest BCUT2D eigenvalue weighted by Crippen LogP contribution is -2.39. The molecule has 0 unspecified atom stereocenters. The maximum absolute atomic E-state index is 12.6. The molecule has 0 radical (unpaired) electrons. The van der Waals surface area contributed by atoms with Crippen molar-refractivity contribution in [3.8, 4) is 11.5 Å². The molecule has 5 nitrogen and oxygen atoms in total. The summed E-state index contributed by atoms with van der Waals surface area (Å²) in [6.07, 6.45) is 0. The summed E-state index contributed by atoms with van der Waals surface area (Å²) in [6.45, 7) is 9.37. The molecule has 0 saturated heterocycles. The van der Waals surface area contributed by atoms with Crippen LogP contribution in [-0.2, 0) is 11.3 Å². The van der Waals surface area contributed by atoms with Gasteiger partial charge in [-0.3, -0.25) is 9.69 Å². The van der Waals surface area contributed by atoms with Gasteiger partial charge in [0.05, 0.1) is 19.8 Å². The number of likely N-dealkylation sites (N-methyl/N-ethyl adjacent to an activating group) is 1. The van der Waals surface area contributed by atoms with Gasteiger partial charge in [-0.2, -0.15) is 0 Å². The van der Waals surface area contributed by atoms with E-state index >= 15 is 0 Å². The number of hydrogen-bond acceptors (Lipinski definition) is 4. The van der Waals surface area contributed by atoms with Crippen LogP contribution in [0, 0.1) is 0 Å². The minimum atomic E-state index is -0.276. The molecule has 1 amide bonds. The first-order valence-corrected chi connectivity index (χ1v) is 9.76. The molecule has 0 aliphatic carbocycles. The van der Waals surface area contributed by atoms with Crippen LogP contribution in [0.15, 0.2) is 42.5 Å². The summed E-state index contributed by atoms with van der Waals surface area (Å²) in [5.74, 6) is 1.88. The third kappa shape index (κ3) is 5.73. The Kier molecular flexibility index (Phi) is 7.88. The molecule has 0 aromatic heterocycles. The van der Waals surface area contributed by atoms with E-state index in [9.17, 15) is 4.79 Å². The third-order valence-corrected chi connectivity index (χ3v) is 4.85. The highest BCUT2D eigenvalue weighted by atomic mass is 16.5. The van der Waals surface area contributed by atoms with E-state index in [4.69, 9.17) is 9.47 Å². The smallest absolute Gasteiger partial charge is 0.241 e. The summed E-state index contributed by atoms with van der Waals surface area (Å²) in [5.41, 5.74) is 3.13. The fourth-order valence-corrected chi connectivity index (χ4v) is 2.91. The molecule has 0 spiro atoms. The van der Waals surface area contributed by atoms with Crippen LogP contribution >= 0.6 is 0 Å². The van der Waals surface area contributed by atoms with Crippen molar-refractivity contribution in [2.24, 2.45) is 0 Å². The molecule has 2 aromatic carbocycles. The van der Waals surface area contributed by atoms with E-state index in [0.717, 1.165) is 17.0 Å². The van der Waals surface area contributed by atoms with E-state index in [1.165, 1.54) is 5.56 Å². The first kappa shape index (κ1) is 21.8. The van der Waals surface area contributed by atoms with Gasteiger partial charge in [-0.25, -0.2) is 0 Å². The molecule has 0 aliphatic rings. The van der Waals surface area contributed by atoms with Gasteiger partial charge >= 0.3 is 0 Å². The predicted molar refractivity (Wildman–Crippen MR) is 114 cm³/mol. The van der Waals surface area contributed by atoms with Crippen LogP contribution < -0.4 is 14.8 Å². The van der Waals surface area contributed by atoms with Crippen LogP contribution in [0.3, 0.4) is 0 Å². The van der Waals surface area contributed by atoms with Crippen molar-refractivity contribution in [3.63, 3.8) is 0 Å². The maximum Gasteiger partial charge on any atom is 0.241 e. The SMILES string of the molecule is CCOc1ccc(CN(C)[C@H](C)C(=O)Nc2ccc(C(C)C)cc2)cc1OC. The number of hydrogen-bond donors (Lipinski definition) is 1. The van der Waals surface area contributed by atoms with E-state index in [2.05, 4.69) is 31.3 Å². The highest BCUT2D eigenvalue weighted by Gasteiger charge is 2.19. The molecule has 2 rings (SSSR count). The Morgan fingerprint density at radius 2 is 1.75 bits per heavy atom. The van der Waals surface area contributed by atoms with Gasteiger partial charge in [-0.15, -0.1) is 0 Å². The maximum atomic E-state index is 12.6. The van der Waals surface area contributed by atoms with E-state index in [0.29, 0.717) is 24.8 Å². The minimum absolute atomic E-state index is 0.0299. The van der Waals surface area contributed by atoms with Gasteiger partial charge < -0.3 is 14.8 Å². The van der Waals surface area contributed by atoms with Gasteiger partial charge in [0.1, 0.15) is 0 Å². The minimum Gasteiger partial charge on any atom is -0.493 e. The number of anilines is 1. The molecular formula is C23H32N2O3. The van der Waals surface area contributed by atoms with Crippen LogP contribution in [0.1, 0.15) is 44.7 Å². The Balaban J connectivity index is 1.99. The van der Waals surface area contributed by atoms with Crippen molar-refractivity contribution in [2.75, 3.05) is 26.1 Å². The highest BCUT2D eigenvalue weighted by molar-refractivity contribution is 5.94. The Morgan fingerprint density at radius 1 is 1.07 bits per heavy atom. The topological polar surface area (TPSA) is 50.8 Å². The summed E-state index contributed by atoms with van der Waals surface area (Å²) in [4.78, 5) is 14.6. The number of carbonyl (C=O) groups is 1. The number of rotatable bonds is 9. The van der Waals surface area contributed by atoms with Gasteiger partial charge in [-0.05, 0) is 62.2 Å². The number of nitrogens with zero attached hydrogens (tertiary/aromatic N) is 1. The van der Waals surface area contributed by atoms with Gasteiger partial charge in [0.15, 0.2) is 11.5 Å². The first-order valence-electron chi connectivity index (χ1n) is 9.76. The Bertz CT molecular complexity index is 772. The average Bonchev–Trinajstić information content (AvgIpc) is 2.68. The van der Waals surface area contributed by atoms with Gasteiger partial charge in [-0.1, -0.05) is 32.0 Å². The number of benzene rings is 2. The lowest BCUT2D eigenvalue weighted by Gasteiger charge is -2.24. The number of amides is 1. The summed E-state index contributed by atoms with van der Waals surface area (Å²) in [7, 11) is 3.57. The summed E-state index contributed by atoms with van der Waals surface area (Å²) < 4.78 is 11.0. The standard InChI is InChI=1S/C23H32N2O3/c1-7-28-21-13-8-18(14-22(21)27-6)15-25(5)17(4)23(26)24-20-11-9-19(10-12-20)16(2)3/h8-14,16-17H,7,15H2,1-6H3,(H,24,26)/t17-/m1/s1. The Morgan fingerprint density at radius 3 is 2.32 bits per heavy atom. The molecule has 2 aromatic rings. The Hall–Kier alpha value is -2.53. The molecule has 28 heavy (non-hydrogen) atoms. The molecule has 0 saturated carbocycles. The van der Waals surface area contributed by atoms with Gasteiger partial charge in [0, 0.05) is 12.2 Å². The van der Waals surface area contributed by atoms with E-state index in [-0.39, 0.29) is 11.9 Å². The third-order valence-electron chi connectivity index (χ3n) is 4.85. The fraction of sp³-hybridized carbons (Fsp3) is 0.435. The molecule has 5 heteroatoms. The number of carbonyl (C=O) groups excluding carboxylic acids is 1. The summed E-state index contributed by atoms with van der Waals surface area (Å²) in [6, 6.07) is 13.6. The lowest BCUT2D eigenvalue weighted by atomic mass is 10.0. The second-order valence-electron chi connectivity index (χ2n) is 7.28. The average molecular weight is 385 g/mol. The first-order chi connectivity index (χ1) is 13.3. The van der Waals surface area contributed by atoms with Crippen LogP contribution in [0.4, 0.5) is 5.69 Å². The summed E-state index contributed by atoms with van der Waals surface area (Å²) in [5, 5.41) is 3.00. The van der Waals surface area contributed by atoms with E-state index in [1.54, 1.807) is 7.11 Å². The molecule has 0 bridgehead atoms. The summed E-state index contributed by atoms with van der Waals surface area (Å²) >= 11 is 0. The molecule has 1 N–H and O–H groups in total. The van der Waals surface area contributed by atoms with Crippen molar-refractivity contribution in [3.05, 3.63) is 53.6 Å². The second kappa shape index (κ2) is 10.1. The van der Waals surface area contributed by atoms with Crippen molar-refractivity contribution >= 4 is 11.6 Å². The molecule has 0 fully saturated rings.